The first-order valence-corrected chi connectivity index (χ1v) is 9.71. The fourth-order valence-electron chi connectivity index (χ4n) is 5.00. The summed E-state index contributed by atoms with van der Waals surface area (Å²) in [6, 6.07) is 0. The molecule has 2 aliphatic rings. The minimum atomic E-state index is 0.210. The van der Waals surface area contributed by atoms with E-state index in [1.54, 1.807) is 11.1 Å². The van der Waals surface area contributed by atoms with Crippen molar-refractivity contribution < 1.29 is 5.11 Å². The second-order valence-electron chi connectivity index (χ2n) is 9.31. The van der Waals surface area contributed by atoms with Gasteiger partial charge < -0.3 is 5.11 Å². The lowest BCUT2D eigenvalue weighted by Crippen LogP contribution is -2.34. The summed E-state index contributed by atoms with van der Waals surface area (Å²) >= 11 is 0. The quantitative estimate of drug-likeness (QED) is 0.586. The predicted molar refractivity (Wildman–Crippen MR) is 105 cm³/mol. The molecule has 0 saturated carbocycles. The van der Waals surface area contributed by atoms with Crippen LogP contribution in [0, 0.1) is 28.6 Å². The van der Waals surface area contributed by atoms with E-state index in [9.17, 15) is 5.11 Å². The molecule has 2 aliphatic carbocycles. The Morgan fingerprint density at radius 3 is 2.21 bits per heavy atom. The van der Waals surface area contributed by atoms with Gasteiger partial charge in [-0.25, -0.2) is 0 Å². The average molecular weight is 331 g/mol. The van der Waals surface area contributed by atoms with E-state index >= 15 is 0 Å². The molecule has 0 aromatic rings. The molecule has 0 bridgehead atoms. The van der Waals surface area contributed by atoms with Crippen molar-refractivity contribution in [2.24, 2.45) is 28.6 Å². The molecule has 0 fully saturated rings. The number of aliphatic hydroxyl groups is 1. The van der Waals surface area contributed by atoms with Crippen molar-refractivity contribution in [3.63, 3.8) is 0 Å². The fraction of sp³-hybridized carbons (Fsp3) is 0.739. The summed E-state index contributed by atoms with van der Waals surface area (Å²) < 4.78 is 0. The highest BCUT2D eigenvalue weighted by Crippen LogP contribution is 2.58. The number of hydrogen-bond acceptors (Lipinski definition) is 1. The highest BCUT2D eigenvalue weighted by molar-refractivity contribution is 5.29. The van der Waals surface area contributed by atoms with Gasteiger partial charge in [0.25, 0.3) is 0 Å². The second-order valence-corrected chi connectivity index (χ2v) is 9.31. The molecule has 3 unspecified atom stereocenters. The summed E-state index contributed by atoms with van der Waals surface area (Å²) in [5.41, 5.74) is 6.28. The van der Waals surface area contributed by atoms with E-state index in [0.717, 1.165) is 12.8 Å². The third-order valence-corrected chi connectivity index (χ3v) is 7.68. The van der Waals surface area contributed by atoms with Crippen LogP contribution in [0.15, 0.2) is 34.4 Å². The molecule has 0 saturated heterocycles. The van der Waals surface area contributed by atoms with E-state index in [0.29, 0.717) is 23.2 Å². The summed E-state index contributed by atoms with van der Waals surface area (Å²) in [7, 11) is 0. The summed E-state index contributed by atoms with van der Waals surface area (Å²) in [4.78, 5) is 0. The van der Waals surface area contributed by atoms with Crippen LogP contribution in [0.3, 0.4) is 0 Å². The standard InChI is InChI=1S/C23H38O/c1-9-18(14-24)15(2)12-21-19(13-17(4)23(21,7)8)20-11-10-16(3)22(20,5)6/h10,13,19-21,24H,9,11-12,14H2,1-8H3. The normalized spacial score (nSPS) is 32.5. The Kier molecular flexibility index (Phi) is 5.55. The van der Waals surface area contributed by atoms with E-state index in [4.69, 9.17) is 0 Å². The van der Waals surface area contributed by atoms with Gasteiger partial charge in [0.2, 0.25) is 0 Å². The lowest BCUT2D eigenvalue weighted by molar-refractivity contribution is 0.130. The minimum Gasteiger partial charge on any atom is -0.392 e. The minimum absolute atomic E-state index is 0.210. The third-order valence-electron chi connectivity index (χ3n) is 7.68. The molecule has 0 aromatic carbocycles. The van der Waals surface area contributed by atoms with E-state index in [2.05, 4.69) is 67.5 Å². The summed E-state index contributed by atoms with van der Waals surface area (Å²) in [6.07, 6.45) is 8.33. The first kappa shape index (κ1) is 19.5. The van der Waals surface area contributed by atoms with Gasteiger partial charge in [-0.05, 0) is 74.2 Å². The zero-order chi connectivity index (χ0) is 18.3. The number of aliphatic hydroxyl groups excluding tert-OH is 1. The van der Waals surface area contributed by atoms with Crippen LogP contribution >= 0.6 is 0 Å². The molecule has 0 amide bonds. The monoisotopic (exact) mass is 330 g/mol. The molecule has 1 heteroatoms. The van der Waals surface area contributed by atoms with Crippen LogP contribution in [0.2, 0.25) is 0 Å². The van der Waals surface area contributed by atoms with Crippen LogP contribution in [0.25, 0.3) is 0 Å². The van der Waals surface area contributed by atoms with Gasteiger partial charge in [0, 0.05) is 0 Å². The summed E-state index contributed by atoms with van der Waals surface area (Å²) in [5, 5.41) is 9.67. The van der Waals surface area contributed by atoms with Gasteiger partial charge in [-0.1, -0.05) is 63.5 Å². The van der Waals surface area contributed by atoms with Crippen molar-refractivity contribution in [1.29, 1.82) is 0 Å². The zero-order valence-electron chi connectivity index (χ0n) is 17.2. The van der Waals surface area contributed by atoms with Gasteiger partial charge in [0.1, 0.15) is 0 Å². The van der Waals surface area contributed by atoms with Gasteiger partial charge in [0.15, 0.2) is 0 Å². The van der Waals surface area contributed by atoms with Crippen LogP contribution in [0.1, 0.15) is 74.7 Å². The van der Waals surface area contributed by atoms with E-state index in [1.807, 2.05) is 0 Å². The molecule has 136 valence electrons. The van der Waals surface area contributed by atoms with Crippen molar-refractivity contribution in [1.82, 2.24) is 0 Å². The van der Waals surface area contributed by atoms with Crippen molar-refractivity contribution in [2.75, 3.05) is 6.61 Å². The Morgan fingerprint density at radius 2 is 1.75 bits per heavy atom. The average Bonchev–Trinajstić information content (AvgIpc) is 2.88. The van der Waals surface area contributed by atoms with E-state index in [1.165, 1.54) is 17.6 Å². The highest BCUT2D eigenvalue weighted by Gasteiger charge is 2.49. The van der Waals surface area contributed by atoms with Gasteiger partial charge in [-0.2, -0.15) is 0 Å². The molecule has 0 radical (unpaired) electrons. The van der Waals surface area contributed by atoms with Crippen LogP contribution in [-0.4, -0.2) is 11.7 Å². The lowest BCUT2D eigenvalue weighted by Gasteiger charge is -2.41. The first-order valence-electron chi connectivity index (χ1n) is 9.71. The molecule has 2 rings (SSSR count). The molecule has 24 heavy (non-hydrogen) atoms. The molecule has 0 aliphatic heterocycles. The van der Waals surface area contributed by atoms with Gasteiger partial charge in [0.05, 0.1) is 6.61 Å². The third kappa shape index (κ3) is 3.17. The fourth-order valence-corrected chi connectivity index (χ4v) is 5.00. The van der Waals surface area contributed by atoms with Crippen LogP contribution < -0.4 is 0 Å². The van der Waals surface area contributed by atoms with Crippen molar-refractivity contribution in [3.05, 3.63) is 34.4 Å². The van der Waals surface area contributed by atoms with Crippen molar-refractivity contribution >= 4 is 0 Å². The molecule has 1 N–H and O–H groups in total. The Labute approximate surface area is 149 Å². The Balaban J connectivity index is 2.35. The van der Waals surface area contributed by atoms with Crippen LogP contribution in [0.4, 0.5) is 0 Å². The Morgan fingerprint density at radius 1 is 1.12 bits per heavy atom. The van der Waals surface area contributed by atoms with Crippen molar-refractivity contribution in [3.8, 4) is 0 Å². The maximum Gasteiger partial charge on any atom is 0.0644 e. The summed E-state index contributed by atoms with van der Waals surface area (Å²) in [5.74, 6) is 1.97. The van der Waals surface area contributed by atoms with Gasteiger partial charge >= 0.3 is 0 Å². The molecule has 3 atom stereocenters. The number of rotatable bonds is 5. The Bertz CT molecular complexity index is 565. The Hall–Kier alpha value is -0.820. The van der Waals surface area contributed by atoms with Crippen molar-refractivity contribution in [2.45, 2.75) is 74.7 Å². The number of hydrogen-bond donors (Lipinski definition) is 1. The van der Waals surface area contributed by atoms with Gasteiger partial charge in [-0.3, -0.25) is 0 Å². The van der Waals surface area contributed by atoms with Crippen LogP contribution in [-0.2, 0) is 0 Å². The topological polar surface area (TPSA) is 20.2 Å². The van der Waals surface area contributed by atoms with E-state index < -0.39 is 0 Å². The summed E-state index contributed by atoms with van der Waals surface area (Å²) in [6.45, 7) is 18.9. The highest BCUT2D eigenvalue weighted by atomic mass is 16.3. The molecule has 0 spiro atoms. The number of allylic oxidation sites excluding steroid dienone is 5. The molecule has 0 aromatic heterocycles. The smallest absolute Gasteiger partial charge is 0.0644 e. The first-order chi connectivity index (χ1) is 11.1. The second kappa shape index (κ2) is 6.83. The maximum absolute atomic E-state index is 9.67. The SMILES string of the molecule is CCC(CO)=C(C)CC1C(C2CC=C(C)C2(C)C)C=C(C)C1(C)C. The van der Waals surface area contributed by atoms with Crippen LogP contribution in [0.5, 0.6) is 0 Å². The molecule has 0 heterocycles. The van der Waals surface area contributed by atoms with E-state index in [-0.39, 0.29) is 12.0 Å². The van der Waals surface area contributed by atoms with Gasteiger partial charge in [-0.15, -0.1) is 0 Å². The predicted octanol–water partition coefficient (Wildman–Crippen LogP) is 6.31. The molecular formula is C23H38O. The molecular weight excluding hydrogens is 292 g/mol. The largest absolute Gasteiger partial charge is 0.392 e. The lowest BCUT2D eigenvalue weighted by atomic mass is 9.63. The zero-order valence-corrected chi connectivity index (χ0v) is 17.2. The maximum atomic E-state index is 9.67. The molecule has 1 nitrogen and oxygen atoms in total.